The number of nitro groups is 1. The quantitative estimate of drug-likeness (QED) is 0.683. The number of hydrogen-bond acceptors (Lipinski definition) is 4. The van der Waals surface area contributed by atoms with Crippen LogP contribution in [-0.4, -0.2) is 34.9 Å². The molecule has 6 nitrogen and oxygen atoms in total. The Bertz CT molecular complexity index is 574. The average molecular weight is 299 g/mol. The van der Waals surface area contributed by atoms with Crippen LogP contribution in [0.4, 0.5) is 20.2 Å². The summed E-state index contributed by atoms with van der Waals surface area (Å²) in [7, 11) is 0. The molecule has 8 heteroatoms. The van der Waals surface area contributed by atoms with Crippen molar-refractivity contribution >= 4 is 17.3 Å². The zero-order valence-electron chi connectivity index (χ0n) is 11.4. The summed E-state index contributed by atoms with van der Waals surface area (Å²) in [4.78, 5) is 23.7. The predicted octanol–water partition coefficient (Wildman–Crippen LogP) is 2.30. The normalized spacial score (nSPS) is 15.9. The molecule has 0 radical (unpaired) electrons. The molecule has 1 heterocycles. The Morgan fingerprint density at radius 3 is 2.57 bits per heavy atom. The molecule has 0 aliphatic carbocycles. The number of benzene rings is 1. The third-order valence-corrected chi connectivity index (χ3v) is 3.37. The third-order valence-electron chi connectivity index (χ3n) is 3.37. The van der Waals surface area contributed by atoms with Gasteiger partial charge >= 0.3 is 5.69 Å². The molecule has 21 heavy (non-hydrogen) atoms. The number of nitro benzene ring substituents is 1. The monoisotopic (exact) mass is 299 g/mol. The minimum Gasteiger partial charge on any atom is -0.368 e. The van der Waals surface area contributed by atoms with Gasteiger partial charge in [0.1, 0.15) is 17.5 Å². The molecule has 0 bridgehead atoms. The summed E-state index contributed by atoms with van der Waals surface area (Å²) < 4.78 is 26.7. The first kappa shape index (κ1) is 15.1. The molecule has 114 valence electrons. The maximum absolute atomic E-state index is 13.5. The average Bonchev–Trinajstić information content (AvgIpc) is 2.89. The first-order valence-corrected chi connectivity index (χ1v) is 6.59. The zero-order chi connectivity index (χ0) is 15.6. The number of hydrogen-bond donors (Lipinski definition) is 1. The molecule has 1 aliphatic heterocycles. The summed E-state index contributed by atoms with van der Waals surface area (Å²) in [6, 6.07) is 0.452. The summed E-state index contributed by atoms with van der Waals surface area (Å²) in [6.07, 6.45) is 1.82. The van der Waals surface area contributed by atoms with Crippen molar-refractivity contribution in [2.45, 2.75) is 25.8 Å². The summed E-state index contributed by atoms with van der Waals surface area (Å²) in [5.74, 6) is -2.46. The minimum atomic E-state index is -1.27. The number of rotatable bonds is 4. The van der Waals surface area contributed by atoms with Crippen molar-refractivity contribution in [3.8, 4) is 0 Å². The fourth-order valence-corrected chi connectivity index (χ4v) is 2.37. The van der Waals surface area contributed by atoms with E-state index >= 15 is 0 Å². The Morgan fingerprint density at radius 1 is 1.38 bits per heavy atom. The molecule has 1 N–H and O–H groups in total. The SMILES string of the molecule is CC(Nc1cc(F)cc(F)c1[N+](=O)[O-])C(=O)N1CCCC1. The Morgan fingerprint density at radius 2 is 2.00 bits per heavy atom. The number of amides is 1. The first-order valence-electron chi connectivity index (χ1n) is 6.59. The van der Waals surface area contributed by atoms with Gasteiger partial charge in [-0.25, -0.2) is 4.39 Å². The fraction of sp³-hybridized carbons (Fsp3) is 0.462. The molecule has 2 rings (SSSR count). The molecule has 1 aromatic carbocycles. The van der Waals surface area contributed by atoms with Crippen LogP contribution in [0.1, 0.15) is 19.8 Å². The van der Waals surface area contributed by atoms with Crippen LogP contribution in [0, 0.1) is 21.7 Å². The lowest BCUT2D eigenvalue weighted by Crippen LogP contribution is -2.39. The maximum atomic E-state index is 13.5. The Balaban J connectivity index is 2.22. The highest BCUT2D eigenvalue weighted by Gasteiger charge is 2.27. The number of halogens is 2. The van der Waals surface area contributed by atoms with Gasteiger partial charge in [-0.3, -0.25) is 14.9 Å². The molecule has 1 amide bonds. The van der Waals surface area contributed by atoms with Gasteiger partial charge in [-0.05, 0) is 19.8 Å². The van der Waals surface area contributed by atoms with Gasteiger partial charge in [0.25, 0.3) is 0 Å². The van der Waals surface area contributed by atoms with Crippen molar-refractivity contribution in [1.82, 2.24) is 4.90 Å². The highest BCUT2D eigenvalue weighted by Crippen LogP contribution is 2.29. The number of nitrogens with one attached hydrogen (secondary N) is 1. The second-order valence-corrected chi connectivity index (χ2v) is 4.94. The topological polar surface area (TPSA) is 75.5 Å². The van der Waals surface area contributed by atoms with Crippen molar-refractivity contribution in [1.29, 1.82) is 0 Å². The van der Waals surface area contributed by atoms with E-state index in [1.165, 1.54) is 6.92 Å². The van der Waals surface area contributed by atoms with Crippen molar-refractivity contribution in [3.63, 3.8) is 0 Å². The van der Waals surface area contributed by atoms with E-state index in [0.29, 0.717) is 19.2 Å². The predicted molar refractivity (Wildman–Crippen MR) is 71.9 cm³/mol. The summed E-state index contributed by atoms with van der Waals surface area (Å²) >= 11 is 0. The lowest BCUT2D eigenvalue weighted by Gasteiger charge is -2.21. The number of likely N-dealkylation sites (tertiary alicyclic amines) is 1. The van der Waals surface area contributed by atoms with Gasteiger partial charge in [0.05, 0.1) is 4.92 Å². The van der Waals surface area contributed by atoms with Gasteiger partial charge in [-0.15, -0.1) is 0 Å². The second-order valence-electron chi connectivity index (χ2n) is 4.94. The zero-order valence-corrected chi connectivity index (χ0v) is 11.4. The Hall–Kier alpha value is -2.25. The Labute approximate surface area is 119 Å². The number of anilines is 1. The molecule has 0 saturated carbocycles. The molecule has 1 atom stereocenters. The van der Waals surface area contributed by atoms with E-state index in [1.807, 2.05) is 0 Å². The highest BCUT2D eigenvalue weighted by molar-refractivity contribution is 5.85. The van der Waals surface area contributed by atoms with Gasteiger partial charge in [-0.1, -0.05) is 0 Å². The van der Waals surface area contributed by atoms with Gasteiger partial charge in [-0.2, -0.15) is 4.39 Å². The van der Waals surface area contributed by atoms with Crippen LogP contribution in [0.2, 0.25) is 0 Å². The van der Waals surface area contributed by atoms with Crippen LogP contribution in [0.5, 0.6) is 0 Å². The van der Waals surface area contributed by atoms with Crippen molar-refractivity contribution < 1.29 is 18.5 Å². The lowest BCUT2D eigenvalue weighted by molar-refractivity contribution is -0.386. The maximum Gasteiger partial charge on any atom is 0.327 e. The molecule has 0 aromatic heterocycles. The summed E-state index contributed by atoms with van der Waals surface area (Å²) in [5.41, 5.74) is -1.20. The molecule has 1 saturated heterocycles. The largest absolute Gasteiger partial charge is 0.368 e. The lowest BCUT2D eigenvalue weighted by atomic mass is 10.2. The van der Waals surface area contributed by atoms with Gasteiger partial charge in [0.15, 0.2) is 0 Å². The van der Waals surface area contributed by atoms with Crippen molar-refractivity contribution in [2.75, 3.05) is 18.4 Å². The molecule has 1 aliphatic rings. The minimum absolute atomic E-state index is 0.244. The number of carbonyl (C=O) groups excluding carboxylic acids is 1. The third kappa shape index (κ3) is 3.26. The molecule has 1 fully saturated rings. The number of carbonyl (C=O) groups is 1. The standard InChI is InChI=1S/C13H15F2N3O3/c1-8(13(19)17-4-2-3-5-17)16-11-7-9(14)6-10(15)12(11)18(20)21/h6-8,16H,2-5H2,1H3. The fourth-order valence-electron chi connectivity index (χ4n) is 2.37. The van der Waals surface area contributed by atoms with Crippen LogP contribution in [0.3, 0.4) is 0 Å². The Kier molecular flexibility index (Phi) is 4.35. The summed E-state index contributed by atoms with van der Waals surface area (Å²) in [5, 5.41) is 13.4. The van der Waals surface area contributed by atoms with Crippen molar-refractivity contribution in [2.24, 2.45) is 0 Å². The van der Waals surface area contributed by atoms with Gasteiger partial charge in [0, 0.05) is 25.2 Å². The molecule has 0 spiro atoms. The molecular weight excluding hydrogens is 284 g/mol. The van der Waals surface area contributed by atoms with Gasteiger partial charge < -0.3 is 10.2 Å². The number of nitrogens with zero attached hydrogens (tertiary/aromatic N) is 2. The van der Waals surface area contributed by atoms with E-state index in [1.54, 1.807) is 4.90 Å². The molecule has 1 aromatic rings. The van der Waals surface area contributed by atoms with Crippen molar-refractivity contribution in [3.05, 3.63) is 33.9 Å². The second kappa shape index (κ2) is 6.02. The van der Waals surface area contributed by atoms with E-state index < -0.39 is 28.3 Å². The van der Waals surface area contributed by atoms with Gasteiger partial charge in [0.2, 0.25) is 11.7 Å². The van der Waals surface area contributed by atoms with Crippen LogP contribution in [-0.2, 0) is 4.79 Å². The van der Waals surface area contributed by atoms with Crippen LogP contribution in [0.25, 0.3) is 0 Å². The van der Waals surface area contributed by atoms with Crippen LogP contribution in [0.15, 0.2) is 12.1 Å². The van der Waals surface area contributed by atoms with E-state index in [4.69, 9.17) is 0 Å². The summed E-state index contributed by atoms with van der Waals surface area (Å²) in [6.45, 7) is 2.77. The molecular formula is C13H15F2N3O3. The van der Waals surface area contributed by atoms with Crippen LogP contribution < -0.4 is 5.32 Å². The first-order chi connectivity index (χ1) is 9.90. The highest BCUT2D eigenvalue weighted by atomic mass is 19.1. The van der Waals surface area contributed by atoms with E-state index in [2.05, 4.69) is 5.32 Å². The molecule has 1 unspecified atom stereocenters. The smallest absolute Gasteiger partial charge is 0.327 e. The van der Waals surface area contributed by atoms with E-state index in [-0.39, 0.29) is 11.6 Å². The van der Waals surface area contributed by atoms with E-state index in [0.717, 1.165) is 18.9 Å². The van der Waals surface area contributed by atoms with Crippen LogP contribution >= 0.6 is 0 Å². The van der Waals surface area contributed by atoms with E-state index in [9.17, 15) is 23.7 Å².